The van der Waals surface area contributed by atoms with Crippen molar-refractivity contribution in [2.75, 3.05) is 7.11 Å². The number of aliphatic hydroxyl groups excluding tert-OH is 1. The summed E-state index contributed by atoms with van der Waals surface area (Å²) in [5.74, 6) is -0.554. The van der Waals surface area contributed by atoms with Crippen molar-refractivity contribution in [1.82, 2.24) is 0 Å². The molecule has 2 aromatic carbocycles. The minimum Gasteiger partial charge on any atom is -0.493 e. The van der Waals surface area contributed by atoms with Crippen molar-refractivity contribution >= 4 is 17.7 Å². The van der Waals surface area contributed by atoms with Crippen LogP contribution < -0.4 is 14.2 Å². The van der Waals surface area contributed by atoms with Crippen LogP contribution in [0.5, 0.6) is 17.2 Å². The molecule has 0 heterocycles. The first-order chi connectivity index (χ1) is 15.8. The summed E-state index contributed by atoms with van der Waals surface area (Å²) in [6, 6.07) is 11.4. The lowest BCUT2D eigenvalue weighted by Gasteiger charge is -2.13. The Bertz CT molecular complexity index is 951. The maximum absolute atomic E-state index is 12.6. The minimum atomic E-state index is -0.690. The van der Waals surface area contributed by atoms with Gasteiger partial charge in [-0.3, -0.25) is 9.59 Å². The molecule has 2 rings (SSSR count). The smallest absolute Gasteiger partial charge is 0.347 e. The van der Waals surface area contributed by atoms with Crippen LogP contribution in [0, 0.1) is 0 Å². The van der Waals surface area contributed by atoms with Gasteiger partial charge in [-0.1, -0.05) is 44.4 Å². The molecule has 0 aliphatic carbocycles. The number of hydrogen-bond donors (Lipinski definition) is 1. The highest BCUT2D eigenvalue weighted by Gasteiger charge is 2.18. The van der Waals surface area contributed by atoms with Gasteiger partial charge in [-0.2, -0.15) is 0 Å². The molecule has 1 N–H and O–H groups in total. The first-order valence-corrected chi connectivity index (χ1v) is 11.2. The van der Waals surface area contributed by atoms with Gasteiger partial charge in [0.15, 0.2) is 11.5 Å². The number of aryl methyl sites for hydroxylation is 1. The largest absolute Gasteiger partial charge is 0.493 e. The summed E-state index contributed by atoms with van der Waals surface area (Å²) in [7, 11) is 1.46. The van der Waals surface area contributed by atoms with E-state index in [0.717, 1.165) is 24.8 Å². The van der Waals surface area contributed by atoms with Crippen molar-refractivity contribution in [1.29, 1.82) is 0 Å². The lowest BCUT2D eigenvalue weighted by atomic mass is 10.0. The molecule has 2 aromatic rings. The minimum absolute atomic E-state index is 0.00977. The van der Waals surface area contributed by atoms with Crippen molar-refractivity contribution in [3.63, 3.8) is 0 Å². The SMILES string of the molecule is CCCCCC(O)CC(=O)CCc1ccc(OC(=O)c2ccccc2OC(C)=O)c(OC)c1. The van der Waals surface area contributed by atoms with Gasteiger partial charge in [-0.25, -0.2) is 4.79 Å². The molecule has 33 heavy (non-hydrogen) atoms. The fourth-order valence-electron chi connectivity index (χ4n) is 3.37. The number of ether oxygens (including phenoxy) is 3. The van der Waals surface area contributed by atoms with Crippen LogP contribution in [-0.4, -0.2) is 36.0 Å². The summed E-state index contributed by atoms with van der Waals surface area (Å²) in [5.41, 5.74) is 0.961. The number of carbonyl (C=O) groups is 3. The van der Waals surface area contributed by atoms with Crippen LogP contribution in [0.3, 0.4) is 0 Å². The van der Waals surface area contributed by atoms with E-state index in [2.05, 4.69) is 6.92 Å². The van der Waals surface area contributed by atoms with E-state index < -0.39 is 18.0 Å². The van der Waals surface area contributed by atoms with Crippen molar-refractivity contribution in [2.45, 2.75) is 64.9 Å². The number of carbonyl (C=O) groups excluding carboxylic acids is 3. The number of unbranched alkanes of at least 4 members (excludes halogenated alkanes) is 2. The molecule has 0 fully saturated rings. The van der Waals surface area contributed by atoms with E-state index >= 15 is 0 Å². The molecule has 178 valence electrons. The van der Waals surface area contributed by atoms with Gasteiger partial charge >= 0.3 is 11.9 Å². The highest BCUT2D eigenvalue weighted by molar-refractivity contribution is 5.95. The maximum atomic E-state index is 12.6. The fraction of sp³-hybridized carbons (Fsp3) is 0.423. The number of benzene rings is 2. The van der Waals surface area contributed by atoms with E-state index in [1.165, 1.54) is 26.2 Å². The summed E-state index contributed by atoms with van der Waals surface area (Å²) in [6.07, 6.45) is 4.07. The first-order valence-electron chi connectivity index (χ1n) is 11.2. The third-order valence-electron chi connectivity index (χ3n) is 5.09. The second-order valence-electron chi connectivity index (χ2n) is 7.86. The topological polar surface area (TPSA) is 99.1 Å². The second-order valence-corrected chi connectivity index (χ2v) is 7.86. The van der Waals surface area contributed by atoms with Gasteiger partial charge in [0.2, 0.25) is 0 Å². The monoisotopic (exact) mass is 456 g/mol. The average Bonchev–Trinajstić information content (AvgIpc) is 2.78. The van der Waals surface area contributed by atoms with Gasteiger partial charge in [0.1, 0.15) is 17.1 Å². The normalized spacial score (nSPS) is 11.5. The standard InChI is InChI=1S/C26H32O7/c1-4-5-6-9-20(28)17-21(29)14-12-19-13-15-24(25(16-19)31-3)33-26(30)22-10-7-8-11-23(22)32-18(2)27/h7-8,10-11,13,15-16,20,28H,4-6,9,12,14,17H2,1-3H3. The van der Waals surface area contributed by atoms with Gasteiger partial charge < -0.3 is 19.3 Å². The van der Waals surface area contributed by atoms with Gasteiger partial charge in [-0.05, 0) is 42.7 Å². The molecule has 0 radical (unpaired) electrons. The zero-order valence-corrected chi connectivity index (χ0v) is 19.5. The van der Waals surface area contributed by atoms with Crippen molar-refractivity contribution in [3.8, 4) is 17.2 Å². The molecule has 0 bridgehead atoms. The quantitative estimate of drug-likeness (QED) is 0.266. The van der Waals surface area contributed by atoms with E-state index in [1.807, 2.05) is 0 Å². The molecule has 1 unspecified atom stereocenters. The van der Waals surface area contributed by atoms with Gasteiger partial charge in [-0.15, -0.1) is 0 Å². The van der Waals surface area contributed by atoms with Crippen LogP contribution in [0.2, 0.25) is 0 Å². The van der Waals surface area contributed by atoms with E-state index in [4.69, 9.17) is 14.2 Å². The number of aliphatic hydroxyl groups is 1. The molecule has 0 aromatic heterocycles. The predicted molar refractivity (Wildman–Crippen MR) is 124 cm³/mol. The van der Waals surface area contributed by atoms with E-state index in [0.29, 0.717) is 25.0 Å². The average molecular weight is 457 g/mol. The Hall–Kier alpha value is -3.19. The number of hydrogen-bond acceptors (Lipinski definition) is 7. The Labute approximate surface area is 194 Å². The third kappa shape index (κ3) is 8.69. The van der Waals surface area contributed by atoms with Gasteiger partial charge in [0.05, 0.1) is 13.2 Å². The lowest BCUT2D eigenvalue weighted by Crippen LogP contribution is -2.14. The molecule has 0 saturated carbocycles. The fourth-order valence-corrected chi connectivity index (χ4v) is 3.37. The zero-order valence-electron chi connectivity index (χ0n) is 19.5. The molecule has 0 saturated heterocycles. The van der Waals surface area contributed by atoms with Crippen LogP contribution >= 0.6 is 0 Å². The van der Waals surface area contributed by atoms with Crippen molar-refractivity contribution < 1.29 is 33.7 Å². The van der Waals surface area contributed by atoms with Crippen LogP contribution in [0.1, 0.15) is 68.3 Å². The Morgan fingerprint density at radius 1 is 0.970 bits per heavy atom. The number of rotatable bonds is 13. The molecule has 0 aliphatic rings. The van der Waals surface area contributed by atoms with Crippen LogP contribution in [-0.2, 0) is 16.0 Å². The van der Waals surface area contributed by atoms with Crippen molar-refractivity contribution in [3.05, 3.63) is 53.6 Å². The molecule has 7 nitrogen and oxygen atoms in total. The maximum Gasteiger partial charge on any atom is 0.347 e. The Kier molecular flexibility index (Phi) is 10.6. The summed E-state index contributed by atoms with van der Waals surface area (Å²) < 4.78 is 15.9. The predicted octanol–water partition coefficient (Wildman–Crippen LogP) is 4.67. The van der Waals surface area contributed by atoms with E-state index in [-0.39, 0.29) is 29.3 Å². The number of ketones is 1. The number of para-hydroxylation sites is 1. The molecular weight excluding hydrogens is 424 g/mol. The number of Topliss-reactive ketones (excluding diaryl/α,β-unsaturated/α-hetero) is 1. The summed E-state index contributed by atoms with van der Waals surface area (Å²) in [5, 5.41) is 9.99. The van der Waals surface area contributed by atoms with Crippen LogP contribution in [0.15, 0.2) is 42.5 Å². The van der Waals surface area contributed by atoms with E-state index in [1.54, 1.807) is 30.3 Å². The van der Waals surface area contributed by atoms with Gasteiger partial charge in [0.25, 0.3) is 0 Å². The second kappa shape index (κ2) is 13.4. The highest BCUT2D eigenvalue weighted by atomic mass is 16.6. The summed E-state index contributed by atoms with van der Waals surface area (Å²) >= 11 is 0. The van der Waals surface area contributed by atoms with Crippen molar-refractivity contribution in [2.24, 2.45) is 0 Å². The van der Waals surface area contributed by atoms with Gasteiger partial charge in [0, 0.05) is 19.8 Å². The Balaban J connectivity index is 1.99. The summed E-state index contributed by atoms with van der Waals surface area (Å²) in [4.78, 5) is 36.1. The molecular formula is C26H32O7. The number of methoxy groups -OCH3 is 1. The summed E-state index contributed by atoms with van der Waals surface area (Å²) in [6.45, 7) is 3.35. The molecule has 1 atom stereocenters. The first kappa shape index (κ1) is 26.1. The zero-order chi connectivity index (χ0) is 24.2. The van der Waals surface area contributed by atoms with Crippen LogP contribution in [0.4, 0.5) is 0 Å². The Morgan fingerprint density at radius 2 is 1.73 bits per heavy atom. The van der Waals surface area contributed by atoms with Crippen LogP contribution in [0.25, 0.3) is 0 Å². The lowest BCUT2D eigenvalue weighted by molar-refractivity contribution is -0.132. The third-order valence-corrected chi connectivity index (χ3v) is 5.09. The number of esters is 2. The molecule has 7 heteroatoms. The van der Waals surface area contributed by atoms with E-state index in [9.17, 15) is 19.5 Å². The Morgan fingerprint density at radius 3 is 2.42 bits per heavy atom. The molecule has 0 aliphatic heterocycles. The molecule has 0 amide bonds. The highest BCUT2D eigenvalue weighted by Crippen LogP contribution is 2.30. The molecule has 0 spiro atoms.